The molecular formula is C17H20N4O. The Hall–Kier alpha value is -2.32. The molecule has 0 amide bonds. The van der Waals surface area contributed by atoms with Crippen molar-refractivity contribution in [1.82, 2.24) is 14.7 Å². The van der Waals surface area contributed by atoms with E-state index in [1.54, 1.807) is 12.1 Å². The van der Waals surface area contributed by atoms with Gasteiger partial charge in [-0.3, -0.25) is 9.58 Å². The average molecular weight is 296 g/mol. The van der Waals surface area contributed by atoms with Crippen LogP contribution in [0.25, 0.3) is 0 Å². The highest BCUT2D eigenvalue weighted by Crippen LogP contribution is 2.22. The van der Waals surface area contributed by atoms with E-state index in [2.05, 4.69) is 33.7 Å². The van der Waals surface area contributed by atoms with Crippen LogP contribution < -0.4 is 4.74 Å². The van der Waals surface area contributed by atoms with E-state index in [-0.39, 0.29) is 0 Å². The number of hydrogen-bond acceptors (Lipinski definition) is 4. The van der Waals surface area contributed by atoms with Crippen molar-refractivity contribution >= 4 is 0 Å². The Kier molecular flexibility index (Phi) is 4.12. The van der Waals surface area contributed by atoms with Crippen molar-refractivity contribution in [2.45, 2.75) is 19.9 Å². The third-order valence-corrected chi connectivity index (χ3v) is 3.97. The first-order valence-corrected chi connectivity index (χ1v) is 7.54. The van der Waals surface area contributed by atoms with Gasteiger partial charge in [-0.15, -0.1) is 0 Å². The molecule has 0 N–H and O–H groups in total. The lowest BCUT2D eigenvalue weighted by Crippen LogP contribution is -2.49. The summed E-state index contributed by atoms with van der Waals surface area (Å²) in [6.07, 6.45) is 0. The van der Waals surface area contributed by atoms with Crippen molar-refractivity contribution in [3.05, 3.63) is 47.3 Å². The summed E-state index contributed by atoms with van der Waals surface area (Å²) in [5.74, 6) is 0.759. The SMILES string of the molecule is Cc1cc(C)n(C2CN(CCOc3cccc(C#N)c3)C2)n1. The Morgan fingerprint density at radius 1 is 1.32 bits per heavy atom. The summed E-state index contributed by atoms with van der Waals surface area (Å²) in [7, 11) is 0. The quantitative estimate of drug-likeness (QED) is 0.849. The van der Waals surface area contributed by atoms with Crippen LogP contribution in [-0.4, -0.2) is 40.9 Å². The highest BCUT2D eigenvalue weighted by molar-refractivity contribution is 5.36. The standard InChI is InChI=1S/C17H20N4O/c1-13-8-14(2)21(19-13)16-11-20(12-16)6-7-22-17-5-3-4-15(9-17)10-18/h3-5,8-9,16H,6-7,11-12H2,1-2H3. The van der Waals surface area contributed by atoms with Crippen LogP contribution in [0.5, 0.6) is 5.75 Å². The van der Waals surface area contributed by atoms with E-state index in [0.717, 1.165) is 31.1 Å². The van der Waals surface area contributed by atoms with Crippen LogP contribution >= 0.6 is 0 Å². The lowest BCUT2D eigenvalue weighted by atomic mass is 10.1. The molecule has 1 aromatic carbocycles. The van der Waals surface area contributed by atoms with Crippen molar-refractivity contribution in [3.8, 4) is 11.8 Å². The zero-order valence-electron chi connectivity index (χ0n) is 13.0. The van der Waals surface area contributed by atoms with E-state index in [0.29, 0.717) is 18.2 Å². The second-order valence-electron chi connectivity index (χ2n) is 5.77. The van der Waals surface area contributed by atoms with Gasteiger partial charge >= 0.3 is 0 Å². The molecule has 114 valence electrons. The minimum atomic E-state index is 0.482. The van der Waals surface area contributed by atoms with Crippen molar-refractivity contribution in [1.29, 1.82) is 5.26 Å². The normalized spacial score (nSPS) is 15.3. The van der Waals surface area contributed by atoms with Gasteiger partial charge in [-0.2, -0.15) is 10.4 Å². The van der Waals surface area contributed by atoms with E-state index < -0.39 is 0 Å². The number of benzene rings is 1. The molecule has 5 nitrogen and oxygen atoms in total. The largest absolute Gasteiger partial charge is 0.492 e. The Bertz CT molecular complexity index is 695. The van der Waals surface area contributed by atoms with E-state index in [1.807, 2.05) is 19.1 Å². The molecule has 2 heterocycles. The van der Waals surface area contributed by atoms with Gasteiger partial charge in [0.25, 0.3) is 0 Å². The number of aryl methyl sites for hydroxylation is 2. The van der Waals surface area contributed by atoms with Gasteiger partial charge < -0.3 is 4.74 Å². The fourth-order valence-corrected chi connectivity index (χ4v) is 2.84. The molecule has 2 aromatic rings. The van der Waals surface area contributed by atoms with Gasteiger partial charge in [0.05, 0.1) is 23.4 Å². The van der Waals surface area contributed by atoms with Crippen molar-refractivity contribution in [2.75, 3.05) is 26.2 Å². The summed E-state index contributed by atoms with van der Waals surface area (Å²) in [5.41, 5.74) is 2.94. The van der Waals surface area contributed by atoms with Crippen LogP contribution in [0.4, 0.5) is 0 Å². The second-order valence-corrected chi connectivity index (χ2v) is 5.77. The maximum Gasteiger partial charge on any atom is 0.120 e. The predicted molar refractivity (Wildman–Crippen MR) is 83.8 cm³/mol. The molecule has 0 saturated carbocycles. The molecule has 1 fully saturated rings. The first kappa shape index (κ1) is 14.6. The minimum Gasteiger partial charge on any atom is -0.492 e. The summed E-state index contributed by atoms with van der Waals surface area (Å²) >= 11 is 0. The summed E-state index contributed by atoms with van der Waals surface area (Å²) in [5, 5.41) is 13.4. The third-order valence-electron chi connectivity index (χ3n) is 3.97. The van der Waals surface area contributed by atoms with Crippen LogP contribution in [0, 0.1) is 25.2 Å². The summed E-state index contributed by atoms with van der Waals surface area (Å²) < 4.78 is 7.84. The Labute approximate surface area is 130 Å². The van der Waals surface area contributed by atoms with Gasteiger partial charge in [0.1, 0.15) is 12.4 Å². The maximum atomic E-state index is 8.86. The second kappa shape index (κ2) is 6.20. The average Bonchev–Trinajstić information content (AvgIpc) is 2.80. The Balaban J connectivity index is 1.43. The number of ether oxygens (including phenoxy) is 1. The molecule has 0 unspecified atom stereocenters. The fraction of sp³-hybridized carbons (Fsp3) is 0.412. The lowest BCUT2D eigenvalue weighted by molar-refractivity contribution is 0.0805. The van der Waals surface area contributed by atoms with Crippen LogP contribution in [0.15, 0.2) is 30.3 Å². The number of aromatic nitrogens is 2. The van der Waals surface area contributed by atoms with E-state index in [9.17, 15) is 0 Å². The smallest absolute Gasteiger partial charge is 0.120 e. The van der Waals surface area contributed by atoms with Crippen molar-refractivity contribution in [2.24, 2.45) is 0 Å². The highest BCUT2D eigenvalue weighted by Gasteiger charge is 2.29. The monoisotopic (exact) mass is 296 g/mol. The van der Waals surface area contributed by atoms with E-state index >= 15 is 0 Å². The van der Waals surface area contributed by atoms with Crippen LogP contribution in [-0.2, 0) is 0 Å². The summed E-state index contributed by atoms with van der Waals surface area (Å²) in [6, 6.07) is 12.0. The molecule has 5 heteroatoms. The molecule has 0 bridgehead atoms. The zero-order chi connectivity index (χ0) is 15.5. The topological polar surface area (TPSA) is 54.1 Å². The van der Waals surface area contributed by atoms with Gasteiger partial charge in [0.2, 0.25) is 0 Å². The zero-order valence-corrected chi connectivity index (χ0v) is 13.0. The number of rotatable bonds is 5. The first-order valence-electron chi connectivity index (χ1n) is 7.54. The van der Waals surface area contributed by atoms with Crippen LogP contribution in [0.1, 0.15) is 23.0 Å². The van der Waals surface area contributed by atoms with Crippen LogP contribution in [0.3, 0.4) is 0 Å². The molecule has 0 atom stereocenters. The van der Waals surface area contributed by atoms with Gasteiger partial charge in [0.15, 0.2) is 0 Å². The first-order chi connectivity index (χ1) is 10.7. The number of nitriles is 1. The lowest BCUT2D eigenvalue weighted by Gasteiger charge is -2.39. The minimum absolute atomic E-state index is 0.482. The molecule has 0 spiro atoms. The third kappa shape index (κ3) is 3.12. The number of nitrogens with zero attached hydrogens (tertiary/aromatic N) is 4. The Morgan fingerprint density at radius 3 is 2.82 bits per heavy atom. The van der Waals surface area contributed by atoms with Crippen LogP contribution in [0.2, 0.25) is 0 Å². The molecule has 0 radical (unpaired) electrons. The molecule has 22 heavy (non-hydrogen) atoms. The molecule has 1 aliphatic rings. The molecular weight excluding hydrogens is 276 g/mol. The molecule has 3 rings (SSSR count). The molecule has 1 saturated heterocycles. The molecule has 1 aromatic heterocycles. The summed E-state index contributed by atoms with van der Waals surface area (Å²) in [6.45, 7) is 7.70. The predicted octanol–water partition coefficient (Wildman–Crippen LogP) is 2.31. The van der Waals surface area contributed by atoms with Gasteiger partial charge in [-0.25, -0.2) is 0 Å². The highest BCUT2D eigenvalue weighted by atomic mass is 16.5. The maximum absolute atomic E-state index is 8.86. The van der Waals surface area contributed by atoms with Gasteiger partial charge in [-0.05, 0) is 38.1 Å². The molecule has 1 aliphatic heterocycles. The fourth-order valence-electron chi connectivity index (χ4n) is 2.84. The Morgan fingerprint density at radius 2 is 2.14 bits per heavy atom. The van der Waals surface area contributed by atoms with Crippen molar-refractivity contribution in [3.63, 3.8) is 0 Å². The van der Waals surface area contributed by atoms with E-state index in [1.165, 1.54) is 5.69 Å². The molecule has 0 aliphatic carbocycles. The van der Waals surface area contributed by atoms with Gasteiger partial charge in [-0.1, -0.05) is 6.07 Å². The van der Waals surface area contributed by atoms with E-state index in [4.69, 9.17) is 10.00 Å². The van der Waals surface area contributed by atoms with Gasteiger partial charge in [0, 0.05) is 25.3 Å². The summed E-state index contributed by atoms with van der Waals surface area (Å²) in [4.78, 5) is 2.36. The van der Waals surface area contributed by atoms with Crippen molar-refractivity contribution < 1.29 is 4.74 Å². The number of likely N-dealkylation sites (tertiary alicyclic amines) is 1. The number of hydrogen-bond donors (Lipinski definition) is 0.